The lowest BCUT2D eigenvalue weighted by atomic mass is 10.0. The van der Waals surface area contributed by atoms with Gasteiger partial charge in [-0.2, -0.15) is 0 Å². The minimum atomic E-state index is -2.35. The minimum Gasteiger partial charge on any atom is -0.463 e. The van der Waals surface area contributed by atoms with Gasteiger partial charge in [-0.15, -0.1) is 0 Å². The van der Waals surface area contributed by atoms with Crippen molar-refractivity contribution in [2.24, 2.45) is 0 Å². The Morgan fingerprint density at radius 1 is 0.833 bits per heavy atom. The second kappa shape index (κ2) is 9.58. The molecule has 0 rings (SSSR count). The van der Waals surface area contributed by atoms with Crippen molar-refractivity contribution in [2.45, 2.75) is 48.5 Å². The van der Waals surface area contributed by atoms with Crippen LogP contribution in [0.5, 0.6) is 0 Å². The molecule has 12 heteroatoms. The maximum atomic E-state index is 11.4. The maximum Gasteiger partial charge on any atom is 0.401 e. The molecule has 0 aromatic carbocycles. The number of esters is 2. The Balaban J connectivity index is 4.40. The number of carbonyl (C=O) groups excluding carboxylic acids is 2. The summed E-state index contributed by atoms with van der Waals surface area (Å²) in [5, 5.41) is 21.8. The standard InChI is InChI=1S/C12H18Cl2N2O8/c1-23-9(17)11(13,15(19)20)7-5-3-4-6-8-12(14,16(21)22)10(18)24-2/h3-8H2,1-2H3. The Morgan fingerprint density at radius 3 is 1.33 bits per heavy atom. The first kappa shape index (κ1) is 22.3. The molecule has 0 N–H and O–H groups in total. The second-order valence-electron chi connectivity index (χ2n) is 4.93. The lowest BCUT2D eigenvalue weighted by Crippen LogP contribution is -2.42. The zero-order valence-electron chi connectivity index (χ0n) is 13.2. The van der Waals surface area contributed by atoms with Gasteiger partial charge in [0.15, 0.2) is 0 Å². The fourth-order valence-electron chi connectivity index (χ4n) is 1.92. The molecule has 0 amide bonds. The highest BCUT2D eigenvalue weighted by Gasteiger charge is 2.51. The summed E-state index contributed by atoms with van der Waals surface area (Å²) in [5.74, 6) is -2.32. The molecule has 2 atom stereocenters. The van der Waals surface area contributed by atoms with Gasteiger partial charge in [0.2, 0.25) is 0 Å². The van der Waals surface area contributed by atoms with Crippen molar-refractivity contribution in [3.8, 4) is 0 Å². The van der Waals surface area contributed by atoms with Gasteiger partial charge in [-0.1, -0.05) is 12.8 Å². The summed E-state index contributed by atoms with van der Waals surface area (Å²) < 4.78 is 8.62. The Labute approximate surface area is 147 Å². The van der Waals surface area contributed by atoms with E-state index in [1.807, 2.05) is 0 Å². The number of methoxy groups -OCH3 is 2. The fraction of sp³-hybridized carbons (Fsp3) is 0.833. The van der Waals surface area contributed by atoms with Crippen LogP contribution in [0, 0.1) is 20.2 Å². The zero-order valence-corrected chi connectivity index (χ0v) is 14.7. The largest absolute Gasteiger partial charge is 0.463 e. The molecule has 0 aromatic heterocycles. The van der Waals surface area contributed by atoms with Crippen LogP contribution < -0.4 is 0 Å². The Hall–Kier alpha value is -1.68. The smallest absolute Gasteiger partial charge is 0.401 e. The van der Waals surface area contributed by atoms with Crippen LogP contribution in [0.25, 0.3) is 0 Å². The van der Waals surface area contributed by atoms with Crippen molar-refractivity contribution in [3.63, 3.8) is 0 Å². The SMILES string of the molecule is COC(=O)C(Cl)(CCCCCCC(Cl)(C(=O)OC)[N+](=O)[O-])[N+](=O)[O-]. The summed E-state index contributed by atoms with van der Waals surface area (Å²) in [4.78, 5) is 38.0. The highest BCUT2D eigenvalue weighted by atomic mass is 35.5. The molecule has 0 aliphatic carbocycles. The minimum absolute atomic E-state index is 0.214. The third kappa shape index (κ3) is 5.45. The van der Waals surface area contributed by atoms with E-state index in [0.29, 0.717) is 12.8 Å². The number of carbonyl (C=O) groups is 2. The van der Waals surface area contributed by atoms with Crippen molar-refractivity contribution in [1.82, 2.24) is 0 Å². The van der Waals surface area contributed by atoms with Crippen LogP contribution in [-0.4, -0.2) is 46.0 Å². The third-order valence-electron chi connectivity index (χ3n) is 3.34. The van der Waals surface area contributed by atoms with Crippen molar-refractivity contribution < 1.29 is 28.9 Å². The summed E-state index contributed by atoms with van der Waals surface area (Å²) in [6.45, 7) is 0. The molecule has 0 spiro atoms. The number of nitrogens with zero attached hydrogens (tertiary/aromatic N) is 2. The van der Waals surface area contributed by atoms with Crippen molar-refractivity contribution in [2.75, 3.05) is 14.2 Å². The molecule has 0 saturated heterocycles. The number of nitro groups is 2. The van der Waals surface area contributed by atoms with Gasteiger partial charge in [-0.05, 0) is 36.0 Å². The molecule has 0 heterocycles. The molecule has 138 valence electrons. The van der Waals surface area contributed by atoms with Crippen LogP contribution in [0.3, 0.4) is 0 Å². The summed E-state index contributed by atoms with van der Waals surface area (Å²) >= 11 is 11.3. The lowest BCUT2D eigenvalue weighted by Gasteiger charge is -2.16. The molecule has 10 nitrogen and oxygen atoms in total. The fourth-order valence-corrected chi connectivity index (χ4v) is 2.34. The van der Waals surface area contributed by atoms with Crippen LogP contribution in [0.15, 0.2) is 0 Å². The first-order chi connectivity index (χ1) is 11.1. The van der Waals surface area contributed by atoms with E-state index in [4.69, 9.17) is 23.2 Å². The van der Waals surface area contributed by atoms with Crippen LogP contribution in [-0.2, 0) is 19.1 Å². The van der Waals surface area contributed by atoms with Crippen LogP contribution >= 0.6 is 23.2 Å². The lowest BCUT2D eigenvalue weighted by molar-refractivity contribution is -0.530. The molecule has 0 fully saturated rings. The first-order valence-corrected chi connectivity index (χ1v) is 7.65. The number of halogens is 2. The molecular formula is C12H18Cl2N2O8. The van der Waals surface area contributed by atoms with E-state index in [-0.39, 0.29) is 25.7 Å². The average molecular weight is 389 g/mol. The van der Waals surface area contributed by atoms with E-state index in [1.54, 1.807) is 0 Å². The normalized spacial score (nSPS) is 15.7. The van der Waals surface area contributed by atoms with Crippen molar-refractivity contribution in [3.05, 3.63) is 20.2 Å². The third-order valence-corrected chi connectivity index (χ3v) is 4.30. The van der Waals surface area contributed by atoms with Gasteiger partial charge >= 0.3 is 21.9 Å². The van der Waals surface area contributed by atoms with Crippen LogP contribution in [0.2, 0.25) is 0 Å². The number of hydrogen-bond acceptors (Lipinski definition) is 8. The monoisotopic (exact) mass is 388 g/mol. The van der Waals surface area contributed by atoms with E-state index in [1.165, 1.54) is 0 Å². The van der Waals surface area contributed by atoms with Gasteiger partial charge in [0, 0.05) is 12.8 Å². The second-order valence-corrected chi connectivity index (χ2v) is 6.18. The molecule has 2 unspecified atom stereocenters. The van der Waals surface area contributed by atoms with E-state index < -0.39 is 31.8 Å². The predicted molar refractivity (Wildman–Crippen MR) is 82.9 cm³/mol. The number of unbranched alkanes of at least 4 members (excludes halogenated alkanes) is 3. The average Bonchev–Trinajstić information content (AvgIpc) is 2.55. The molecule has 0 aliphatic heterocycles. The van der Waals surface area contributed by atoms with Crippen LogP contribution in [0.4, 0.5) is 0 Å². The maximum absolute atomic E-state index is 11.4. The zero-order chi connectivity index (χ0) is 19.0. The van der Waals surface area contributed by atoms with Crippen LogP contribution in [0.1, 0.15) is 38.5 Å². The summed E-state index contributed by atoms with van der Waals surface area (Å²) in [7, 11) is 1.99. The highest BCUT2D eigenvalue weighted by molar-refractivity contribution is 6.32. The van der Waals surface area contributed by atoms with Gasteiger partial charge < -0.3 is 9.47 Å². The molecule has 0 saturated carbocycles. The summed E-state index contributed by atoms with van der Waals surface area (Å²) in [6.07, 6.45) is 0.701. The van der Waals surface area contributed by atoms with Gasteiger partial charge in [0.1, 0.15) is 0 Å². The van der Waals surface area contributed by atoms with Gasteiger partial charge in [0.05, 0.1) is 24.1 Å². The molecule has 0 radical (unpaired) electrons. The molecule has 0 aliphatic rings. The van der Waals surface area contributed by atoms with Gasteiger partial charge in [-0.25, -0.2) is 9.59 Å². The predicted octanol–water partition coefficient (Wildman–Crippen LogP) is 2.10. The van der Waals surface area contributed by atoms with Gasteiger partial charge in [0.25, 0.3) is 0 Å². The van der Waals surface area contributed by atoms with E-state index in [2.05, 4.69) is 9.47 Å². The van der Waals surface area contributed by atoms with E-state index in [9.17, 15) is 29.8 Å². The molecule has 0 aromatic rings. The molecule has 24 heavy (non-hydrogen) atoms. The number of alkyl halides is 2. The summed E-state index contributed by atoms with van der Waals surface area (Å²) in [6, 6.07) is 0. The molecular weight excluding hydrogens is 371 g/mol. The highest BCUT2D eigenvalue weighted by Crippen LogP contribution is 2.28. The number of hydrogen-bond donors (Lipinski definition) is 0. The van der Waals surface area contributed by atoms with E-state index >= 15 is 0 Å². The number of rotatable bonds is 11. The summed E-state index contributed by atoms with van der Waals surface area (Å²) in [5.41, 5.74) is 0. The Morgan fingerprint density at radius 2 is 1.12 bits per heavy atom. The quantitative estimate of drug-likeness (QED) is 0.131. The van der Waals surface area contributed by atoms with Gasteiger partial charge in [-0.3, -0.25) is 20.2 Å². The van der Waals surface area contributed by atoms with Crippen molar-refractivity contribution >= 4 is 35.1 Å². The van der Waals surface area contributed by atoms with E-state index in [0.717, 1.165) is 14.2 Å². The first-order valence-electron chi connectivity index (χ1n) is 6.90. The van der Waals surface area contributed by atoms with Crippen molar-refractivity contribution in [1.29, 1.82) is 0 Å². The molecule has 0 bridgehead atoms. The number of ether oxygens (including phenoxy) is 2. The topological polar surface area (TPSA) is 139 Å². The Kier molecular flexibility index (Phi) is 8.91. The Bertz CT molecular complexity index is 459.